The molecule has 1 aromatic carbocycles. The Morgan fingerprint density at radius 3 is 2.41 bits per heavy atom. The molecule has 0 spiro atoms. The van der Waals surface area contributed by atoms with E-state index in [1.807, 2.05) is 30.6 Å². The van der Waals surface area contributed by atoms with Crippen LogP contribution in [-0.2, 0) is 20.7 Å². The highest BCUT2D eigenvalue weighted by Crippen LogP contribution is 2.44. The molecule has 0 bridgehead atoms. The number of ether oxygens (including phenoxy) is 2. The van der Waals surface area contributed by atoms with Gasteiger partial charge in [0.1, 0.15) is 11.4 Å². The summed E-state index contributed by atoms with van der Waals surface area (Å²) in [6.45, 7) is 11.6. The maximum absolute atomic E-state index is 13.3. The van der Waals surface area contributed by atoms with Gasteiger partial charge in [-0.05, 0) is 46.2 Å². The summed E-state index contributed by atoms with van der Waals surface area (Å²) in [5, 5.41) is 18.3. The van der Waals surface area contributed by atoms with E-state index in [4.69, 9.17) is 46.6 Å². The number of nitrogens with zero attached hydrogens (tertiary/aromatic N) is 3. The van der Waals surface area contributed by atoms with Gasteiger partial charge < -0.3 is 45.4 Å². The number of urea groups is 1. The summed E-state index contributed by atoms with van der Waals surface area (Å²) in [6.07, 6.45) is 2.16. The first-order valence-electron chi connectivity index (χ1n) is 13.6. The third kappa shape index (κ3) is 7.92. The number of carbonyl (C=O) groups excluding carboxylic acids is 2. The van der Waals surface area contributed by atoms with E-state index < -0.39 is 17.5 Å². The Kier molecular flexibility index (Phi) is 10.7. The van der Waals surface area contributed by atoms with E-state index in [0.29, 0.717) is 28.4 Å². The van der Waals surface area contributed by atoms with Crippen LogP contribution in [0.1, 0.15) is 49.5 Å². The number of nitrogens with two attached hydrogens (primary N) is 1. The van der Waals surface area contributed by atoms with Crippen molar-refractivity contribution in [2.45, 2.75) is 57.8 Å². The lowest BCUT2D eigenvalue weighted by Gasteiger charge is -2.38. The zero-order valence-corrected chi connectivity index (χ0v) is 24.7. The van der Waals surface area contributed by atoms with Crippen molar-refractivity contribution in [3.05, 3.63) is 22.2 Å². The molecule has 3 aliphatic heterocycles. The molecule has 14 heteroatoms. The molecule has 13 nitrogen and oxygen atoms in total. The normalized spacial score (nSPS) is 21.5. The number of carbonyl (C=O) groups is 4. The summed E-state index contributed by atoms with van der Waals surface area (Å²) in [5.41, 5.74) is 7.42. The first-order chi connectivity index (χ1) is 19.3. The molecule has 3 amide bonds. The Bertz CT molecular complexity index is 1150. The Morgan fingerprint density at radius 1 is 1.17 bits per heavy atom. The van der Waals surface area contributed by atoms with Crippen molar-refractivity contribution in [1.29, 1.82) is 0 Å². The number of likely N-dealkylation sites (tertiary alicyclic amines) is 1. The lowest BCUT2D eigenvalue weighted by atomic mass is 9.97. The van der Waals surface area contributed by atoms with E-state index in [9.17, 15) is 9.59 Å². The third-order valence-corrected chi connectivity index (χ3v) is 7.82. The second kappa shape index (κ2) is 13.6. The highest BCUT2D eigenvalue weighted by Gasteiger charge is 2.37. The van der Waals surface area contributed by atoms with Gasteiger partial charge in [0, 0.05) is 58.4 Å². The van der Waals surface area contributed by atoms with E-state index in [-0.39, 0.29) is 24.1 Å². The number of hydrogen-bond donors (Lipinski definition) is 4. The van der Waals surface area contributed by atoms with Gasteiger partial charge in [-0.2, -0.15) is 0 Å². The number of methoxy groups -OCH3 is 1. The molecule has 4 rings (SSSR count). The van der Waals surface area contributed by atoms with E-state index in [1.165, 1.54) is 0 Å². The number of piperidine rings is 1. The maximum atomic E-state index is 13.3. The van der Waals surface area contributed by atoms with Gasteiger partial charge in [-0.1, -0.05) is 11.6 Å². The average Bonchev–Trinajstić information content (AvgIpc) is 3.45. The quantitative estimate of drug-likeness (QED) is 0.255. The number of hydrogen-bond acceptors (Lipinski definition) is 8. The first-order valence-corrected chi connectivity index (χ1v) is 14.0. The molecule has 0 unspecified atom stereocenters. The van der Waals surface area contributed by atoms with Crippen LogP contribution in [0.5, 0.6) is 5.75 Å². The van der Waals surface area contributed by atoms with Gasteiger partial charge >= 0.3 is 18.0 Å². The fourth-order valence-corrected chi connectivity index (χ4v) is 5.57. The molecule has 0 aromatic heterocycles. The van der Waals surface area contributed by atoms with Gasteiger partial charge in [0.2, 0.25) is 0 Å². The van der Waals surface area contributed by atoms with Crippen molar-refractivity contribution >= 4 is 41.2 Å². The number of anilines is 1. The number of nitrogen functional groups attached to an aromatic ring is 1. The number of rotatable bonds is 8. The number of nitrogens with one attached hydrogen (secondary N) is 1. The number of amides is 3. The minimum Gasteiger partial charge on any atom is -0.486 e. The topological polar surface area (TPSA) is 175 Å². The van der Waals surface area contributed by atoms with Gasteiger partial charge in [-0.3, -0.25) is 4.79 Å². The van der Waals surface area contributed by atoms with E-state index in [1.54, 1.807) is 13.2 Å². The molecule has 0 radical (unpaired) electrons. The van der Waals surface area contributed by atoms with Crippen LogP contribution in [0.15, 0.2) is 6.07 Å². The van der Waals surface area contributed by atoms with Gasteiger partial charge in [0.15, 0.2) is 0 Å². The number of carboxylic acid groups (broad SMARTS) is 2. The number of aliphatic carboxylic acids is 2. The predicted molar refractivity (Wildman–Crippen MR) is 151 cm³/mol. The monoisotopic (exact) mass is 597 g/mol. The van der Waals surface area contributed by atoms with Crippen LogP contribution >= 0.6 is 11.6 Å². The van der Waals surface area contributed by atoms with E-state index in [2.05, 4.69) is 10.2 Å². The summed E-state index contributed by atoms with van der Waals surface area (Å²) < 4.78 is 11.8. The molecule has 2 atom stereocenters. The standard InChI is InChI=1S/C25H38ClN5O4.C2H2O4/c1-5-30-11-12-31(24(30)33)9-6-8-29-10-7-19(20(15-29)34-4)28-23(32)16-13-18(26)21(27)17-14-25(2,3)35-22(16)17;3-1(4)2(5)6/h13,19-20H,5-12,14-15,27H2,1-4H3,(H,28,32);(H,3,4)(H,5,6)/t19-,20+;/m1./s1. The average molecular weight is 598 g/mol. The molecule has 1 aromatic rings. The lowest BCUT2D eigenvalue weighted by Crippen LogP contribution is -2.55. The minimum atomic E-state index is -1.82. The van der Waals surface area contributed by atoms with Crippen molar-refractivity contribution in [3.63, 3.8) is 0 Å². The van der Waals surface area contributed by atoms with Crippen LogP contribution in [0, 0.1) is 0 Å². The van der Waals surface area contributed by atoms with Gasteiger partial charge in [0.05, 0.1) is 28.4 Å². The highest BCUT2D eigenvalue weighted by molar-refractivity contribution is 6.34. The zero-order valence-electron chi connectivity index (χ0n) is 23.9. The molecule has 2 fully saturated rings. The Labute approximate surface area is 244 Å². The molecule has 228 valence electrons. The minimum absolute atomic E-state index is 0.122. The molecule has 0 saturated carbocycles. The smallest absolute Gasteiger partial charge is 0.414 e. The summed E-state index contributed by atoms with van der Waals surface area (Å²) in [5.74, 6) is -3.35. The first kappa shape index (κ1) is 32.2. The fourth-order valence-electron chi connectivity index (χ4n) is 5.35. The Hall–Kier alpha value is -3.29. The molecule has 3 heterocycles. The largest absolute Gasteiger partial charge is 0.486 e. The van der Waals surface area contributed by atoms with Crippen molar-refractivity contribution in [1.82, 2.24) is 20.0 Å². The van der Waals surface area contributed by atoms with Gasteiger partial charge in [0.25, 0.3) is 5.91 Å². The number of benzene rings is 1. The number of likely N-dealkylation sites (N-methyl/N-ethyl adjacent to an activating group) is 1. The maximum Gasteiger partial charge on any atom is 0.414 e. The van der Waals surface area contributed by atoms with Crippen LogP contribution in [0.4, 0.5) is 10.5 Å². The molecule has 3 aliphatic rings. The Balaban J connectivity index is 0.000000696. The fraction of sp³-hybridized carbons (Fsp3) is 0.630. The zero-order chi connectivity index (χ0) is 30.5. The third-order valence-electron chi connectivity index (χ3n) is 7.51. The van der Waals surface area contributed by atoms with Crippen molar-refractivity contribution < 1.29 is 38.9 Å². The van der Waals surface area contributed by atoms with Crippen molar-refractivity contribution in [2.24, 2.45) is 0 Å². The summed E-state index contributed by atoms with van der Waals surface area (Å²) in [6, 6.07) is 1.62. The van der Waals surface area contributed by atoms with Crippen LogP contribution in [-0.4, -0.2) is 119 Å². The SMILES string of the molecule is CCN1CCN(CCCN2CC[C@@H](NC(=O)c3cc(Cl)c(N)c4c3OC(C)(C)C4)[C@@H](OC)C2)C1=O.O=C(O)C(=O)O. The van der Waals surface area contributed by atoms with Crippen molar-refractivity contribution in [2.75, 3.05) is 58.7 Å². The molecular weight excluding hydrogens is 558 g/mol. The number of fused-ring (bicyclic) bond motifs is 1. The van der Waals surface area contributed by atoms with Gasteiger partial charge in [-0.15, -0.1) is 0 Å². The number of halogens is 1. The van der Waals surface area contributed by atoms with Crippen molar-refractivity contribution in [3.8, 4) is 5.75 Å². The van der Waals surface area contributed by atoms with E-state index >= 15 is 0 Å². The second-order valence-electron chi connectivity index (χ2n) is 10.9. The summed E-state index contributed by atoms with van der Waals surface area (Å²) in [7, 11) is 1.68. The van der Waals surface area contributed by atoms with Crippen LogP contribution in [0.3, 0.4) is 0 Å². The molecular formula is C27H40ClN5O8. The predicted octanol–water partition coefficient (Wildman–Crippen LogP) is 1.76. The van der Waals surface area contributed by atoms with E-state index in [0.717, 1.165) is 64.2 Å². The van der Waals surface area contributed by atoms with Gasteiger partial charge in [-0.25, -0.2) is 14.4 Å². The lowest BCUT2D eigenvalue weighted by molar-refractivity contribution is -0.159. The van der Waals surface area contributed by atoms with Crippen LogP contribution in [0.25, 0.3) is 0 Å². The molecule has 5 N–H and O–H groups in total. The Morgan fingerprint density at radius 2 is 1.83 bits per heavy atom. The summed E-state index contributed by atoms with van der Waals surface area (Å²) >= 11 is 6.35. The van der Waals surface area contributed by atoms with Crippen LogP contribution in [0.2, 0.25) is 5.02 Å². The van der Waals surface area contributed by atoms with Crippen LogP contribution < -0.4 is 15.8 Å². The molecule has 2 saturated heterocycles. The number of carboxylic acids is 2. The molecule has 0 aliphatic carbocycles. The molecule has 41 heavy (non-hydrogen) atoms. The summed E-state index contributed by atoms with van der Waals surface area (Å²) in [4.78, 5) is 49.9. The highest BCUT2D eigenvalue weighted by atomic mass is 35.5. The second-order valence-corrected chi connectivity index (χ2v) is 11.3.